The first-order valence-electron chi connectivity index (χ1n) is 6.85. The molecule has 2 aromatic carbocycles. The standard InChI is InChI=1S/C16H11ClF3N3S/c1-23-14(10-2-6-12(17)7-3-10)22-15(24-23)21-13-8-4-11(5-9-13)16(18,19)20/h2-9H,1H3. The summed E-state index contributed by atoms with van der Waals surface area (Å²) >= 11 is 7.17. The van der Waals surface area contributed by atoms with Gasteiger partial charge in [-0.15, -0.1) is 0 Å². The van der Waals surface area contributed by atoms with Crippen molar-refractivity contribution in [2.45, 2.75) is 6.18 Å². The van der Waals surface area contributed by atoms with Crippen LogP contribution in [0.2, 0.25) is 5.02 Å². The largest absolute Gasteiger partial charge is 0.416 e. The molecule has 0 atom stereocenters. The summed E-state index contributed by atoms with van der Waals surface area (Å²) in [5.41, 5.74) is 0.597. The third-order valence-corrected chi connectivity index (χ3v) is 4.28. The second-order valence-corrected chi connectivity index (χ2v) is 6.50. The van der Waals surface area contributed by atoms with Gasteiger partial charge in [-0.1, -0.05) is 11.6 Å². The van der Waals surface area contributed by atoms with E-state index in [-0.39, 0.29) is 0 Å². The SMILES string of the molecule is Cn1sc(=Nc2ccc(C(F)(F)F)cc2)nc1-c1ccc(Cl)cc1. The summed E-state index contributed by atoms with van der Waals surface area (Å²) in [5, 5.41) is 0.631. The summed E-state index contributed by atoms with van der Waals surface area (Å²) in [5.74, 6) is 0.710. The van der Waals surface area contributed by atoms with Crippen molar-refractivity contribution in [2.24, 2.45) is 12.0 Å². The lowest BCUT2D eigenvalue weighted by molar-refractivity contribution is -0.137. The van der Waals surface area contributed by atoms with Gasteiger partial charge in [-0.25, -0.2) is 4.99 Å². The number of aryl methyl sites for hydroxylation is 1. The summed E-state index contributed by atoms with van der Waals surface area (Å²) in [7, 11) is 1.84. The van der Waals surface area contributed by atoms with E-state index in [2.05, 4.69) is 9.98 Å². The summed E-state index contributed by atoms with van der Waals surface area (Å²) in [6, 6.07) is 11.9. The molecule has 1 heterocycles. The quantitative estimate of drug-likeness (QED) is 0.621. The zero-order valence-electron chi connectivity index (χ0n) is 12.4. The van der Waals surface area contributed by atoms with E-state index in [1.54, 1.807) is 12.1 Å². The third kappa shape index (κ3) is 3.68. The predicted molar refractivity (Wildman–Crippen MR) is 88.2 cm³/mol. The summed E-state index contributed by atoms with van der Waals surface area (Å²) in [6.45, 7) is 0. The van der Waals surface area contributed by atoms with Crippen molar-refractivity contribution in [1.29, 1.82) is 0 Å². The van der Waals surface area contributed by atoms with Crippen LogP contribution in [-0.4, -0.2) is 8.94 Å². The molecule has 0 amide bonds. The molecule has 0 N–H and O–H groups in total. The fourth-order valence-electron chi connectivity index (χ4n) is 2.07. The van der Waals surface area contributed by atoms with Gasteiger partial charge < -0.3 is 0 Å². The molecule has 3 rings (SSSR count). The molecule has 8 heteroatoms. The average Bonchev–Trinajstić information content (AvgIpc) is 2.88. The van der Waals surface area contributed by atoms with Crippen molar-refractivity contribution in [3.63, 3.8) is 0 Å². The van der Waals surface area contributed by atoms with E-state index < -0.39 is 11.7 Å². The fraction of sp³-hybridized carbons (Fsp3) is 0.125. The zero-order chi connectivity index (χ0) is 17.3. The minimum atomic E-state index is -4.35. The Hall–Kier alpha value is -2.12. The maximum atomic E-state index is 12.6. The Kier molecular flexibility index (Phi) is 4.47. The van der Waals surface area contributed by atoms with Crippen molar-refractivity contribution in [1.82, 2.24) is 8.94 Å². The number of alkyl halides is 3. The molecule has 124 valence electrons. The molecule has 0 saturated heterocycles. The zero-order valence-corrected chi connectivity index (χ0v) is 14.0. The molecular weight excluding hydrogens is 359 g/mol. The maximum absolute atomic E-state index is 12.6. The van der Waals surface area contributed by atoms with Crippen molar-refractivity contribution in [3.8, 4) is 11.4 Å². The van der Waals surface area contributed by atoms with Crippen LogP contribution >= 0.6 is 23.1 Å². The van der Waals surface area contributed by atoms with Gasteiger partial charge in [0, 0.05) is 17.6 Å². The van der Waals surface area contributed by atoms with Gasteiger partial charge >= 0.3 is 6.18 Å². The van der Waals surface area contributed by atoms with Gasteiger partial charge in [0.25, 0.3) is 0 Å². The van der Waals surface area contributed by atoms with Gasteiger partial charge in [-0.05, 0) is 60.1 Å². The van der Waals surface area contributed by atoms with Crippen LogP contribution in [0, 0.1) is 0 Å². The van der Waals surface area contributed by atoms with E-state index in [9.17, 15) is 13.2 Å². The van der Waals surface area contributed by atoms with E-state index in [1.807, 2.05) is 23.1 Å². The molecule has 3 nitrogen and oxygen atoms in total. The Labute approximate surface area is 144 Å². The molecule has 0 radical (unpaired) electrons. The number of benzene rings is 2. The Morgan fingerprint density at radius 3 is 2.25 bits per heavy atom. The Balaban J connectivity index is 1.94. The van der Waals surface area contributed by atoms with Crippen molar-refractivity contribution >= 4 is 28.8 Å². The molecule has 24 heavy (non-hydrogen) atoms. The summed E-state index contributed by atoms with van der Waals surface area (Å²) in [4.78, 5) is 9.17. The molecule has 1 aromatic heterocycles. The molecule has 0 saturated carbocycles. The molecule has 0 aliphatic carbocycles. The number of hydrogen-bond acceptors (Lipinski definition) is 3. The van der Waals surface area contributed by atoms with Crippen LogP contribution in [0.3, 0.4) is 0 Å². The number of halogens is 4. The van der Waals surface area contributed by atoms with Crippen molar-refractivity contribution < 1.29 is 13.2 Å². The topological polar surface area (TPSA) is 30.2 Å². The van der Waals surface area contributed by atoms with Gasteiger partial charge in [-0.2, -0.15) is 18.2 Å². The highest BCUT2D eigenvalue weighted by atomic mass is 35.5. The lowest BCUT2D eigenvalue weighted by Gasteiger charge is -2.05. The first kappa shape index (κ1) is 16.7. The van der Waals surface area contributed by atoms with Crippen LogP contribution in [0.15, 0.2) is 53.5 Å². The van der Waals surface area contributed by atoms with Crippen molar-refractivity contribution in [3.05, 3.63) is 63.9 Å². The highest BCUT2D eigenvalue weighted by Crippen LogP contribution is 2.30. The van der Waals surface area contributed by atoms with Crippen LogP contribution in [0.25, 0.3) is 11.4 Å². The maximum Gasteiger partial charge on any atom is 0.416 e. The molecule has 0 aliphatic heterocycles. The van der Waals surface area contributed by atoms with Crippen LogP contribution < -0.4 is 4.80 Å². The average molecular weight is 370 g/mol. The highest BCUT2D eigenvalue weighted by Gasteiger charge is 2.29. The van der Waals surface area contributed by atoms with E-state index in [4.69, 9.17) is 11.6 Å². The minimum absolute atomic E-state index is 0.417. The normalized spacial score (nSPS) is 12.6. The van der Waals surface area contributed by atoms with E-state index in [0.717, 1.165) is 17.7 Å². The second-order valence-electron chi connectivity index (χ2n) is 4.97. The van der Waals surface area contributed by atoms with Crippen molar-refractivity contribution in [2.75, 3.05) is 0 Å². The Morgan fingerprint density at radius 2 is 1.67 bits per heavy atom. The monoisotopic (exact) mass is 369 g/mol. The summed E-state index contributed by atoms with van der Waals surface area (Å²) in [6.07, 6.45) is -4.35. The number of rotatable bonds is 2. The molecule has 0 aliphatic rings. The van der Waals surface area contributed by atoms with Crippen LogP contribution in [0.1, 0.15) is 5.56 Å². The molecule has 3 aromatic rings. The molecule has 0 fully saturated rings. The minimum Gasteiger partial charge on any atom is -0.281 e. The third-order valence-electron chi connectivity index (χ3n) is 3.24. The fourth-order valence-corrected chi connectivity index (χ4v) is 2.95. The molecule has 0 unspecified atom stereocenters. The number of aromatic nitrogens is 2. The highest BCUT2D eigenvalue weighted by molar-refractivity contribution is 7.03. The first-order chi connectivity index (χ1) is 11.3. The summed E-state index contributed by atoms with van der Waals surface area (Å²) < 4.78 is 39.5. The van der Waals surface area contributed by atoms with Crippen LogP contribution in [0.4, 0.5) is 18.9 Å². The van der Waals surface area contributed by atoms with E-state index in [1.165, 1.54) is 23.7 Å². The molecular formula is C16H11ClF3N3S. The van der Waals surface area contributed by atoms with Crippen LogP contribution in [0.5, 0.6) is 0 Å². The number of nitrogens with zero attached hydrogens (tertiary/aromatic N) is 3. The van der Waals surface area contributed by atoms with E-state index >= 15 is 0 Å². The molecule has 0 spiro atoms. The first-order valence-corrected chi connectivity index (χ1v) is 8.00. The Bertz CT molecular complexity index is 909. The number of hydrogen-bond donors (Lipinski definition) is 0. The van der Waals surface area contributed by atoms with Crippen LogP contribution in [-0.2, 0) is 13.2 Å². The van der Waals surface area contributed by atoms with Gasteiger partial charge in [-0.3, -0.25) is 3.96 Å². The van der Waals surface area contributed by atoms with Gasteiger partial charge in [0.05, 0.1) is 11.3 Å². The smallest absolute Gasteiger partial charge is 0.281 e. The van der Waals surface area contributed by atoms with Gasteiger partial charge in [0.2, 0.25) is 4.80 Å². The molecule has 0 bridgehead atoms. The second kappa shape index (κ2) is 6.41. The predicted octanol–water partition coefficient (Wildman–Crippen LogP) is 5.05. The van der Waals surface area contributed by atoms with Gasteiger partial charge in [0.15, 0.2) is 5.82 Å². The lowest BCUT2D eigenvalue weighted by Crippen LogP contribution is -2.04. The Morgan fingerprint density at radius 1 is 1.04 bits per heavy atom. The lowest BCUT2D eigenvalue weighted by atomic mass is 10.2. The van der Waals surface area contributed by atoms with E-state index in [0.29, 0.717) is 21.3 Å². The van der Waals surface area contributed by atoms with Gasteiger partial charge in [0.1, 0.15) is 0 Å².